The summed E-state index contributed by atoms with van der Waals surface area (Å²) in [5, 5.41) is 7.54. The quantitative estimate of drug-likeness (QED) is 0.908. The molecule has 0 saturated carbocycles. The van der Waals surface area contributed by atoms with Crippen LogP contribution in [0.1, 0.15) is 33.6 Å². The zero-order valence-corrected chi connectivity index (χ0v) is 13.0. The van der Waals surface area contributed by atoms with E-state index in [0.717, 1.165) is 19.4 Å². The minimum absolute atomic E-state index is 0.184. The van der Waals surface area contributed by atoms with Gasteiger partial charge in [0.1, 0.15) is 5.02 Å². The smallest absolute Gasteiger partial charge is 0.287 e. The van der Waals surface area contributed by atoms with Gasteiger partial charge in [0.25, 0.3) is 5.56 Å². The highest BCUT2D eigenvalue weighted by Crippen LogP contribution is 2.26. The monoisotopic (exact) mass is 299 g/mol. The third-order valence-corrected chi connectivity index (χ3v) is 3.84. The maximum atomic E-state index is 12.1. The first-order valence-corrected chi connectivity index (χ1v) is 7.42. The highest BCUT2D eigenvalue weighted by Gasteiger charge is 2.29. The summed E-state index contributed by atoms with van der Waals surface area (Å²) in [6.45, 7) is 8.12. The van der Waals surface area contributed by atoms with Crippen LogP contribution in [0.5, 0.6) is 0 Å². The number of halogens is 1. The lowest BCUT2D eigenvalue weighted by molar-refractivity contribution is 0.0315. The van der Waals surface area contributed by atoms with Gasteiger partial charge in [0, 0.05) is 19.7 Å². The first kappa shape index (κ1) is 15.3. The van der Waals surface area contributed by atoms with Crippen molar-refractivity contribution in [3.63, 3.8) is 0 Å². The Labute approximate surface area is 124 Å². The summed E-state index contributed by atoms with van der Waals surface area (Å²) in [5.41, 5.74) is 0.145. The molecule has 1 aliphatic heterocycles. The third kappa shape index (κ3) is 3.52. The Morgan fingerprint density at radius 2 is 2.35 bits per heavy atom. The molecule has 1 unspecified atom stereocenters. The average molecular weight is 300 g/mol. The number of hydrogen-bond donors (Lipinski definition) is 1. The van der Waals surface area contributed by atoms with Crippen LogP contribution in [-0.4, -0.2) is 28.5 Å². The summed E-state index contributed by atoms with van der Waals surface area (Å²) in [6, 6.07) is 0. The van der Waals surface area contributed by atoms with Crippen LogP contribution in [-0.2, 0) is 11.3 Å². The van der Waals surface area contributed by atoms with E-state index in [4.69, 9.17) is 16.3 Å². The van der Waals surface area contributed by atoms with Gasteiger partial charge in [0.2, 0.25) is 0 Å². The normalized spacial score (nSPS) is 22.4. The molecule has 1 fully saturated rings. The molecule has 2 rings (SSSR count). The molecule has 2 heterocycles. The fourth-order valence-corrected chi connectivity index (χ4v) is 2.54. The SMILES string of the molecule is CC(C)Cn1ncc(NCC2(C)CCCO2)c(Cl)c1=O. The first-order chi connectivity index (χ1) is 9.41. The highest BCUT2D eigenvalue weighted by atomic mass is 35.5. The fraction of sp³-hybridized carbons (Fsp3) is 0.714. The van der Waals surface area contributed by atoms with Gasteiger partial charge in [-0.2, -0.15) is 5.10 Å². The predicted octanol–water partition coefficient (Wildman–Crippen LogP) is 2.53. The third-order valence-electron chi connectivity index (χ3n) is 3.48. The van der Waals surface area contributed by atoms with Crippen LogP contribution in [0.25, 0.3) is 0 Å². The molecule has 1 aromatic heterocycles. The molecule has 0 bridgehead atoms. The van der Waals surface area contributed by atoms with Crippen LogP contribution in [0.15, 0.2) is 11.0 Å². The molecule has 1 saturated heterocycles. The van der Waals surface area contributed by atoms with Crippen LogP contribution < -0.4 is 10.9 Å². The standard InChI is InChI=1S/C14H22ClN3O2/c1-10(2)8-18-13(19)12(15)11(7-17-18)16-9-14(3)5-4-6-20-14/h7,10,16H,4-6,8-9H2,1-3H3. The lowest BCUT2D eigenvalue weighted by Crippen LogP contribution is -2.33. The Morgan fingerprint density at radius 3 is 2.95 bits per heavy atom. The number of nitrogens with one attached hydrogen (secondary N) is 1. The summed E-state index contributed by atoms with van der Waals surface area (Å²) in [7, 11) is 0. The molecule has 0 aromatic carbocycles. The number of rotatable bonds is 5. The molecule has 0 amide bonds. The Bertz CT molecular complexity index is 522. The van der Waals surface area contributed by atoms with E-state index < -0.39 is 0 Å². The van der Waals surface area contributed by atoms with Crippen molar-refractivity contribution in [2.45, 2.75) is 45.8 Å². The minimum atomic E-state index is -0.247. The minimum Gasteiger partial charge on any atom is -0.379 e. The summed E-state index contributed by atoms with van der Waals surface area (Å²) in [5.74, 6) is 0.348. The zero-order valence-electron chi connectivity index (χ0n) is 12.3. The van der Waals surface area contributed by atoms with E-state index in [0.29, 0.717) is 24.7 Å². The van der Waals surface area contributed by atoms with E-state index >= 15 is 0 Å². The topological polar surface area (TPSA) is 56.1 Å². The molecule has 1 atom stereocenters. The lowest BCUT2D eigenvalue weighted by Gasteiger charge is -2.24. The number of ether oxygens (including phenoxy) is 1. The first-order valence-electron chi connectivity index (χ1n) is 7.05. The summed E-state index contributed by atoms with van der Waals surface area (Å²) < 4.78 is 7.11. The van der Waals surface area contributed by atoms with Crippen molar-refractivity contribution in [2.75, 3.05) is 18.5 Å². The van der Waals surface area contributed by atoms with Gasteiger partial charge in [0.05, 0.1) is 17.5 Å². The molecule has 1 aliphatic rings. The molecule has 1 aromatic rings. The number of aromatic nitrogens is 2. The number of hydrogen-bond acceptors (Lipinski definition) is 4. The zero-order chi connectivity index (χ0) is 14.8. The Morgan fingerprint density at radius 1 is 1.60 bits per heavy atom. The molecule has 112 valence electrons. The Balaban J connectivity index is 2.09. The second-order valence-electron chi connectivity index (χ2n) is 6.01. The van der Waals surface area contributed by atoms with Crippen LogP contribution in [0, 0.1) is 5.92 Å². The van der Waals surface area contributed by atoms with Crippen molar-refractivity contribution in [2.24, 2.45) is 5.92 Å². The van der Waals surface area contributed by atoms with Crippen molar-refractivity contribution in [3.05, 3.63) is 21.6 Å². The van der Waals surface area contributed by atoms with Gasteiger partial charge in [-0.25, -0.2) is 4.68 Å². The van der Waals surface area contributed by atoms with Crippen LogP contribution in [0.4, 0.5) is 5.69 Å². The van der Waals surface area contributed by atoms with Crippen molar-refractivity contribution < 1.29 is 4.74 Å². The molecule has 1 N–H and O–H groups in total. The molecule has 5 nitrogen and oxygen atoms in total. The van der Waals surface area contributed by atoms with Crippen molar-refractivity contribution in [1.82, 2.24) is 9.78 Å². The lowest BCUT2D eigenvalue weighted by atomic mass is 10.0. The van der Waals surface area contributed by atoms with Crippen molar-refractivity contribution >= 4 is 17.3 Å². The molecule has 0 radical (unpaired) electrons. The van der Waals surface area contributed by atoms with Crippen LogP contribution >= 0.6 is 11.6 Å². The maximum absolute atomic E-state index is 12.1. The van der Waals surface area contributed by atoms with E-state index in [1.165, 1.54) is 4.68 Å². The maximum Gasteiger partial charge on any atom is 0.287 e. The molecular formula is C14H22ClN3O2. The summed E-state index contributed by atoms with van der Waals surface area (Å²) in [6.07, 6.45) is 3.69. The largest absolute Gasteiger partial charge is 0.379 e. The molecule has 20 heavy (non-hydrogen) atoms. The second-order valence-corrected chi connectivity index (χ2v) is 6.39. The van der Waals surface area contributed by atoms with Crippen molar-refractivity contribution in [1.29, 1.82) is 0 Å². The number of nitrogens with zero attached hydrogens (tertiary/aromatic N) is 2. The van der Waals surface area contributed by atoms with Gasteiger partial charge in [0.15, 0.2) is 0 Å². The number of anilines is 1. The van der Waals surface area contributed by atoms with E-state index in [-0.39, 0.29) is 16.2 Å². The van der Waals surface area contributed by atoms with Gasteiger partial charge in [-0.1, -0.05) is 25.4 Å². The van der Waals surface area contributed by atoms with Crippen LogP contribution in [0.3, 0.4) is 0 Å². The van der Waals surface area contributed by atoms with Crippen molar-refractivity contribution in [3.8, 4) is 0 Å². The Hall–Kier alpha value is -1.07. The van der Waals surface area contributed by atoms with E-state index in [1.54, 1.807) is 6.20 Å². The van der Waals surface area contributed by atoms with Gasteiger partial charge in [-0.3, -0.25) is 4.79 Å². The highest BCUT2D eigenvalue weighted by molar-refractivity contribution is 6.32. The van der Waals surface area contributed by atoms with Crippen LogP contribution in [0.2, 0.25) is 5.02 Å². The molecule has 6 heteroatoms. The van der Waals surface area contributed by atoms with Gasteiger partial charge < -0.3 is 10.1 Å². The van der Waals surface area contributed by atoms with Gasteiger partial charge in [-0.15, -0.1) is 0 Å². The molecule has 0 spiro atoms. The second kappa shape index (κ2) is 6.14. The molecule has 0 aliphatic carbocycles. The average Bonchev–Trinajstić information content (AvgIpc) is 2.81. The van der Waals surface area contributed by atoms with Gasteiger partial charge >= 0.3 is 0 Å². The Kier molecular flexibility index (Phi) is 4.70. The molecular weight excluding hydrogens is 278 g/mol. The fourth-order valence-electron chi connectivity index (χ4n) is 2.32. The summed E-state index contributed by atoms with van der Waals surface area (Å²) in [4.78, 5) is 12.1. The summed E-state index contributed by atoms with van der Waals surface area (Å²) >= 11 is 6.14. The van der Waals surface area contributed by atoms with Gasteiger partial charge in [-0.05, 0) is 25.7 Å². The predicted molar refractivity (Wildman–Crippen MR) is 80.4 cm³/mol. The van der Waals surface area contributed by atoms with E-state index in [1.807, 2.05) is 13.8 Å². The van der Waals surface area contributed by atoms with E-state index in [2.05, 4.69) is 17.3 Å². The van der Waals surface area contributed by atoms with E-state index in [9.17, 15) is 4.79 Å².